The van der Waals surface area contributed by atoms with E-state index in [1.165, 1.54) is 12.8 Å². The molecule has 0 bridgehead atoms. The fourth-order valence-corrected chi connectivity index (χ4v) is 1.96. The van der Waals surface area contributed by atoms with Crippen LogP contribution in [0.5, 0.6) is 0 Å². The van der Waals surface area contributed by atoms with Crippen molar-refractivity contribution in [3.63, 3.8) is 0 Å². The highest BCUT2D eigenvalue weighted by molar-refractivity contribution is 5.68. The van der Waals surface area contributed by atoms with Gasteiger partial charge in [-0.05, 0) is 46.5 Å². The minimum atomic E-state index is -0.459. The third-order valence-electron chi connectivity index (χ3n) is 2.88. The number of amides is 1. The number of hydrogen-bond donors (Lipinski definition) is 1. The van der Waals surface area contributed by atoms with Gasteiger partial charge in [-0.3, -0.25) is 0 Å². The lowest BCUT2D eigenvalue weighted by Gasteiger charge is -2.32. The van der Waals surface area contributed by atoms with Crippen LogP contribution in [-0.4, -0.2) is 54.1 Å². The van der Waals surface area contributed by atoms with E-state index in [0.29, 0.717) is 13.1 Å². The van der Waals surface area contributed by atoms with Crippen molar-refractivity contribution in [3.8, 4) is 0 Å². The molecule has 0 aromatic heterocycles. The maximum Gasteiger partial charge on any atom is 0.410 e. The first-order chi connectivity index (χ1) is 8.88. The molecule has 2 aliphatic rings. The summed E-state index contributed by atoms with van der Waals surface area (Å²) in [4.78, 5) is 13.1. The number of rotatable bonds is 0. The number of aliphatic hydroxyl groups excluding tert-OH is 1. The van der Waals surface area contributed by atoms with E-state index < -0.39 is 11.7 Å². The predicted octanol–water partition coefficient (Wildman–Crippen LogP) is 2.17. The molecule has 0 aliphatic carbocycles. The maximum atomic E-state index is 11.6. The fourth-order valence-electron chi connectivity index (χ4n) is 1.96. The molecule has 2 fully saturated rings. The number of carbonyl (C=O) groups is 1. The van der Waals surface area contributed by atoms with E-state index >= 15 is 0 Å². The van der Waals surface area contributed by atoms with Gasteiger partial charge in [-0.15, -0.1) is 0 Å². The molecule has 112 valence electrons. The van der Waals surface area contributed by atoms with E-state index in [-0.39, 0.29) is 6.09 Å². The van der Waals surface area contributed by atoms with Gasteiger partial charge in [-0.2, -0.15) is 0 Å². The largest absolute Gasteiger partial charge is 0.444 e. The molecule has 5 nitrogen and oxygen atoms in total. The summed E-state index contributed by atoms with van der Waals surface area (Å²) in [5, 5.41) is 9.38. The molecular weight excluding hydrogens is 246 g/mol. The van der Waals surface area contributed by atoms with Crippen LogP contribution in [0.3, 0.4) is 0 Å². The lowest BCUT2D eigenvalue weighted by molar-refractivity contribution is 0.00391. The van der Waals surface area contributed by atoms with Crippen molar-refractivity contribution in [1.29, 1.82) is 0 Å². The Morgan fingerprint density at radius 2 is 1.89 bits per heavy atom. The molecule has 0 aromatic rings. The molecule has 1 N–H and O–H groups in total. The first-order valence-electron chi connectivity index (χ1n) is 7.12. The van der Waals surface area contributed by atoms with Crippen molar-refractivity contribution in [2.24, 2.45) is 0 Å². The Morgan fingerprint density at radius 1 is 1.26 bits per heavy atom. The Kier molecular flexibility index (Phi) is 6.58. The maximum absolute atomic E-state index is 11.6. The lowest BCUT2D eigenvalue weighted by atomic mass is 10.1. The van der Waals surface area contributed by atoms with Crippen molar-refractivity contribution in [1.82, 2.24) is 4.90 Å². The highest BCUT2D eigenvalue weighted by atomic mass is 16.6. The third kappa shape index (κ3) is 7.38. The van der Waals surface area contributed by atoms with Crippen molar-refractivity contribution in [2.75, 3.05) is 26.3 Å². The Balaban J connectivity index is 0.000000300. The van der Waals surface area contributed by atoms with Crippen LogP contribution in [0.4, 0.5) is 4.79 Å². The molecule has 2 rings (SSSR count). The summed E-state index contributed by atoms with van der Waals surface area (Å²) in [6.07, 6.45) is 3.47. The standard InChI is InChI=1S/C10H19NO3.C4H8O/c1-10(2,3)14-9(13)11-6-4-5-8(12)7-11;1-2-4-5-3-1/h8,12H,4-7H2,1-3H3;1-4H2. The van der Waals surface area contributed by atoms with Gasteiger partial charge < -0.3 is 19.5 Å². The average molecular weight is 273 g/mol. The van der Waals surface area contributed by atoms with Crippen LogP contribution in [0.25, 0.3) is 0 Å². The van der Waals surface area contributed by atoms with Crippen LogP contribution < -0.4 is 0 Å². The van der Waals surface area contributed by atoms with Crippen LogP contribution in [0.15, 0.2) is 0 Å². The molecule has 0 spiro atoms. The van der Waals surface area contributed by atoms with Gasteiger partial charge in [-0.1, -0.05) is 0 Å². The van der Waals surface area contributed by atoms with Gasteiger partial charge in [0, 0.05) is 26.3 Å². The summed E-state index contributed by atoms with van der Waals surface area (Å²) in [5.41, 5.74) is -0.459. The van der Waals surface area contributed by atoms with Gasteiger partial charge in [0.25, 0.3) is 0 Å². The van der Waals surface area contributed by atoms with Gasteiger partial charge in [0.05, 0.1) is 6.10 Å². The van der Waals surface area contributed by atoms with E-state index in [2.05, 4.69) is 0 Å². The van der Waals surface area contributed by atoms with Gasteiger partial charge in [0.1, 0.15) is 5.60 Å². The zero-order valence-electron chi connectivity index (χ0n) is 12.4. The molecule has 2 saturated heterocycles. The zero-order valence-corrected chi connectivity index (χ0v) is 12.4. The summed E-state index contributed by atoms with van der Waals surface area (Å²) < 4.78 is 10.1. The number of carbonyl (C=O) groups excluding carboxylic acids is 1. The molecule has 1 atom stereocenters. The molecular formula is C14H27NO4. The van der Waals surface area contributed by atoms with Crippen LogP contribution in [-0.2, 0) is 9.47 Å². The van der Waals surface area contributed by atoms with Gasteiger partial charge in [-0.25, -0.2) is 4.79 Å². The molecule has 5 heteroatoms. The SMILES string of the molecule is C1CCOC1.CC(C)(C)OC(=O)N1CCCC(O)C1. The Labute approximate surface area is 115 Å². The van der Waals surface area contributed by atoms with Crippen molar-refractivity contribution in [3.05, 3.63) is 0 Å². The highest BCUT2D eigenvalue weighted by Crippen LogP contribution is 2.14. The van der Waals surface area contributed by atoms with E-state index in [1.54, 1.807) is 4.90 Å². The van der Waals surface area contributed by atoms with E-state index in [0.717, 1.165) is 26.1 Å². The highest BCUT2D eigenvalue weighted by Gasteiger charge is 2.26. The van der Waals surface area contributed by atoms with Crippen molar-refractivity contribution in [2.45, 2.75) is 58.2 Å². The van der Waals surface area contributed by atoms with Crippen molar-refractivity contribution < 1.29 is 19.4 Å². The minimum Gasteiger partial charge on any atom is -0.444 e. The number of likely N-dealkylation sites (tertiary alicyclic amines) is 1. The van der Waals surface area contributed by atoms with E-state index in [4.69, 9.17) is 9.47 Å². The second-order valence-corrected chi connectivity index (χ2v) is 6.04. The molecule has 0 saturated carbocycles. The molecule has 1 amide bonds. The molecule has 2 aliphatic heterocycles. The summed E-state index contributed by atoms with van der Waals surface area (Å²) >= 11 is 0. The molecule has 19 heavy (non-hydrogen) atoms. The van der Waals surface area contributed by atoms with Crippen LogP contribution in [0.2, 0.25) is 0 Å². The number of ether oxygens (including phenoxy) is 2. The lowest BCUT2D eigenvalue weighted by Crippen LogP contribution is -2.44. The smallest absolute Gasteiger partial charge is 0.410 e. The summed E-state index contributed by atoms with van der Waals surface area (Å²) in [6, 6.07) is 0. The second-order valence-electron chi connectivity index (χ2n) is 6.04. The number of hydrogen-bond acceptors (Lipinski definition) is 4. The number of β-amino-alcohol motifs (C(OH)–C–C–N with tert-alkyl or cyclic N) is 1. The average Bonchev–Trinajstić information content (AvgIpc) is 2.85. The Hall–Kier alpha value is -0.810. The molecule has 0 aromatic carbocycles. The summed E-state index contributed by atoms with van der Waals surface area (Å²) in [7, 11) is 0. The summed E-state index contributed by atoms with van der Waals surface area (Å²) in [5.74, 6) is 0. The quantitative estimate of drug-likeness (QED) is 0.735. The molecule has 1 unspecified atom stereocenters. The number of piperidine rings is 1. The van der Waals surface area contributed by atoms with E-state index in [9.17, 15) is 9.90 Å². The summed E-state index contributed by atoms with van der Waals surface area (Å²) in [6.45, 7) is 8.60. The number of aliphatic hydroxyl groups is 1. The fraction of sp³-hybridized carbons (Fsp3) is 0.929. The molecule has 0 radical (unpaired) electrons. The van der Waals surface area contributed by atoms with Crippen LogP contribution in [0, 0.1) is 0 Å². The number of nitrogens with zero attached hydrogens (tertiary/aromatic N) is 1. The van der Waals surface area contributed by atoms with Gasteiger partial charge >= 0.3 is 6.09 Å². The monoisotopic (exact) mass is 273 g/mol. The first kappa shape index (κ1) is 16.2. The van der Waals surface area contributed by atoms with Gasteiger partial charge in [0.2, 0.25) is 0 Å². The Morgan fingerprint density at radius 3 is 2.32 bits per heavy atom. The second kappa shape index (κ2) is 7.70. The molecule has 2 heterocycles. The van der Waals surface area contributed by atoms with Gasteiger partial charge in [0.15, 0.2) is 0 Å². The third-order valence-corrected chi connectivity index (χ3v) is 2.88. The topological polar surface area (TPSA) is 59.0 Å². The normalized spacial score (nSPS) is 23.6. The first-order valence-corrected chi connectivity index (χ1v) is 7.12. The van der Waals surface area contributed by atoms with Crippen LogP contribution in [0.1, 0.15) is 46.5 Å². The van der Waals surface area contributed by atoms with Crippen LogP contribution >= 0.6 is 0 Å². The minimum absolute atomic E-state index is 0.323. The predicted molar refractivity (Wildman–Crippen MR) is 73.1 cm³/mol. The Bertz CT molecular complexity index is 264. The van der Waals surface area contributed by atoms with Crippen molar-refractivity contribution >= 4 is 6.09 Å². The van der Waals surface area contributed by atoms with E-state index in [1.807, 2.05) is 20.8 Å². The zero-order chi connectivity index (χ0) is 14.3.